The van der Waals surface area contributed by atoms with E-state index in [0.717, 1.165) is 61.4 Å². The van der Waals surface area contributed by atoms with Gasteiger partial charge in [-0.2, -0.15) is 0 Å². The number of para-hydroxylation sites is 3. The molecule has 0 saturated heterocycles. The lowest BCUT2D eigenvalue weighted by Crippen LogP contribution is -2.10. The van der Waals surface area contributed by atoms with Crippen LogP contribution in [0.5, 0.6) is 0 Å². The van der Waals surface area contributed by atoms with E-state index in [1.807, 2.05) is 12.1 Å². The van der Waals surface area contributed by atoms with E-state index < -0.39 is 0 Å². The third-order valence-electron chi connectivity index (χ3n) is 13.2. The standard InChI is InChI=1S/C62H40N2O/c1-2-19-50-45(14-1)40-57(53-21-4-3-20-52(50)53)44-16-12-18-49(39-44)63(48-17-11-15-43(38-48)51-25-13-29-61-62(51)56-24-7-10-28-60(56)65-61)46-34-30-41(31-35-46)42-32-36-47(37-33-42)64-58-26-8-5-22-54(58)55-23-6-9-27-59(55)64/h1-40H. The van der Waals surface area contributed by atoms with E-state index in [-0.39, 0.29) is 0 Å². The summed E-state index contributed by atoms with van der Waals surface area (Å²) in [6.07, 6.45) is 0. The van der Waals surface area contributed by atoms with E-state index in [2.05, 4.69) is 240 Å². The molecule has 0 amide bonds. The van der Waals surface area contributed by atoms with Gasteiger partial charge in [-0.15, -0.1) is 0 Å². The van der Waals surface area contributed by atoms with Crippen molar-refractivity contribution in [3.63, 3.8) is 0 Å². The second-order valence-corrected chi connectivity index (χ2v) is 16.9. The summed E-state index contributed by atoms with van der Waals surface area (Å²) in [6.45, 7) is 0. The Kier molecular flexibility index (Phi) is 8.53. The lowest BCUT2D eigenvalue weighted by atomic mass is 9.93. The molecule has 2 aromatic heterocycles. The fourth-order valence-electron chi connectivity index (χ4n) is 10.2. The van der Waals surface area contributed by atoms with Gasteiger partial charge in [-0.1, -0.05) is 164 Å². The van der Waals surface area contributed by atoms with Gasteiger partial charge in [-0.25, -0.2) is 0 Å². The Labute approximate surface area is 376 Å². The molecule has 3 nitrogen and oxygen atoms in total. The molecule has 0 aliphatic carbocycles. The Morgan fingerprint density at radius 1 is 0.308 bits per heavy atom. The number of hydrogen-bond acceptors (Lipinski definition) is 2. The maximum Gasteiger partial charge on any atom is 0.136 e. The fraction of sp³-hybridized carbons (Fsp3) is 0. The average molecular weight is 829 g/mol. The summed E-state index contributed by atoms with van der Waals surface area (Å²) >= 11 is 0. The molecule has 0 spiro atoms. The zero-order valence-corrected chi connectivity index (χ0v) is 35.4. The van der Waals surface area contributed by atoms with Crippen LogP contribution >= 0.6 is 0 Å². The second kappa shape index (κ2) is 15.0. The van der Waals surface area contributed by atoms with E-state index in [9.17, 15) is 0 Å². The van der Waals surface area contributed by atoms with Crippen molar-refractivity contribution < 1.29 is 4.42 Å². The number of nitrogens with zero attached hydrogens (tertiary/aromatic N) is 2. The van der Waals surface area contributed by atoms with Crippen molar-refractivity contribution in [1.82, 2.24) is 4.57 Å². The molecule has 11 aromatic carbocycles. The van der Waals surface area contributed by atoms with Crippen molar-refractivity contribution >= 4 is 82.4 Å². The van der Waals surface area contributed by atoms with E-state index in [1.165, 1.54) is 60.0 Å². The van der Waals surface area contributed by atoms with Gasteiger partial charge in [0.1, 0.15) is 11.2 Å². The summed E-state index contributed by atoms with van der Waals surface area (Å²) in [7, 11) is 0. The van der Waals surface area contributed by atoms with Crippen molar-refractivity contribution in [3.8, 4) is 39.1 Å². The van der Waals surface area contributed by atoms with Gasteiger partial charge in [0.2, 0.25) is 0 Å². The third kappa shape index (κ3) is 6.12. The van der Waals surface area contributed by atoms with Crippen LogP contribution in [0.4, 0.5) is 17.1 Å². The molecule has 0 radical (unpaired) electrons. The Hall–Kier alpha value is -8.66. The Bertz CT molecular complexity index is 3900. The molecule has 0 unspecified atom stereocenters. The molecule has 0 aliphatic rings. The first-order valence-electron chi connectivity index (χ1n) is 22.2. The van der Waals surface area contributed by atoms with Crippen molar-refractivity contribution in [1.29, 1.82) is 0 Å². The summed E-state index contributed by atoms with van der Waals surface area (Å²) in [5.41, 5.74) is 15.5. The van der Waals surface area contributed by atoms with Gasteiger partial charge < -0.3 is 13.9 Å². The largest absolute Gasteiger partial charge is 0.456 e. The minimum Gasteiger partial charge on any atom is -0.456 e. The minimum absolute atomic E-state index is 0.889. The molecule has 13 rings (SSSR count). The SMILES string of the molecule is c1cc(-c2cc3ccccc3c3ccccc23)cc(N(c2ccc(-c3ccc(-n4c5ccccc5c5ccccc54)cc3)cc2)c2cccc(-c3cccc4oc5ccccc5c34)c2)c1. The van der Waals surface area contributed by atoms with Crippen LogP contribution in [0.25, 0.3) is 104 Å². The van der Waals surface area contributed by atoms with Gasteiger partial charge in [-0.3, -0.25) is 0 Å². The molecule has 65 heavy (non-hydrogen) atoms. The van der Waals surface area contributed by atoms with Crippen LogP contribution in [0, 0.1) is 0 Å². The quantitative estimate of drug-likeness (QED) is 0.149. The van der Waals surface area contributed by atoms with E-state index in [1.54, 1.807) is 0 Å². The first-order chi connectivity index (χ1) is 32.2. The molecule has 13 aromatic rings. The predicted octanol–water partition coefficient (Wildman–Crippen LogP) is 17.5. The van der Waals surface area contributed by atoms with Crippen LogP contribution in [0.3, 0.4) is 0 Å². The van der Waals surface area contributed by atoms with Crippen LogP contribution in [0.15, 0.2) is 247 Å². The topological polar surface area (TPSA) is 21.3 Å². The fourth-order valence-corrected chi connectivity index (χ4v) is 10.2. The third-order valence-corrected chi connectivity index (χ3v) is 13.2. The lowest BCUT2D eigenvalue weighted by Gasteiger charge is -2.27. The van der Waals surface area contributed by atoms with Gasteiger partial charge in [-0.05, 0) is 134 Å². The number of fused-ring (bicyclic) bond motifs is 9. The number of aromatic nitrogens is 1. The molecule has 0 atom stereocenters. The number of furan rings is 1. The van der Waals surface area contributed by atoms with E-state index in [4.69, 9.17) is 4.42 Å². The van der Waals surface area contributed by atoms with Gasteiger partial charge in [0.05, 0.1) is 11.0 Å². The summed E-state index contributed by atoms with van der Waals surface area (Å²) in [4.78, 5) is 2.39. The van der Waals surface area contributed by atoms with Crippen molar-refractivity contribution in [3.05, 3.63) is 243 Å². The highest BCUT2D eigenvalue weighted by molar-refractivity contribution is 6.15. The Morgan fingerprint density at radius 2 is 0.831 bits per heavy atom. The Balaban J connectivity index is 0.931. The first kappa shape index (κ1) is 36.9. The molecular weight excluding hydrogens is 789 g/mol. The van der Waals surface area contributed by atoms with Crippen LogP contribution in [0.2, 0.25) is 0 Å². The molecule has 0 aliphatic heterocycles. The molecule has 3 heteroatoms. The maximum atomic E-state index is 6.34. The van der Waals surface area contributed by atoms with E-state index >= 15 is 0 Å². The minimum atomic E-state index is 0.889. The summed E-state index contributed by atoms with van der Waals surface area (Å²) in [5.74, 6) is 0. The summed E-state index contributed by atoms with van der Waals surface area (Å²) < 4.78 is 8.71. The zero-order valence-electron chi connectivity index (χ0n) is 35.4. The predicted molar refractivity (Wildman–Crippen MR) is 274 cm³/mol. The lowest BCUT2D eigenvalue weighted by molar-refractivity contribution is 0.669. The monoisotopic (exact) mass is 828 g/mol. The molecular formula is C62H40N2O. The van der Waals surface area contributed by atoms with Gasteiger partial charge in [0, 0.05) is 44.3 Å². The normalized spacial score (nSPS) is 11.7. The number of anilines is 3. The maximum absolute atomic E-state index is 6.34. The van der Waals surface area contributed by atoms with Crippen LogP contribution in [-0.2, 0) is 0 Å². The van der Waals surface area contributed by atoms with Crippen molar-refractivity contribution in [2.45, 2.75) is 0 Å². The van der Waals surface area contributed by atoms with Crippen LogP contribution in [0.1, 0.15) is 0 Å². The zero-order chi connectivity index (χ0) is 42.8. The first-order valence-corrected chi connectivity index (χ1v) is 22.2. The highest BCUT2D eigenvalue weighted by Crippen LogP contribution is 2.43. The Morgan fingerprint density at radius 3 is 1.52 bits per heavy atom. The van der Waals surface area contributed by atoms with Gasteiger partial charge in [0.25, 0.3) is 0 Å². The van der Waals surface area contributed by atoms with Crippen LogP contribution in [-0.4, -0.2) is 4.57 Å². The molecule has 304 valence electrons. The van der Waals surface area contributed by atoms with Crippen molar-refractivity contribution in [2.75, 3.05) is 4.90 Å². The molecule has 0 saturated carbocycles. The highest BCUT2D eigenvalue weighted by Gasteiger charge is 2.19. The number of rotatable bonds is 7. The molecule has 0 fully saturated rings. The second-order valence-electron chi connectivity index (χ2n) is 16.9. The van der Waals surface area contributed by atoms with Crippen molar-refractivity contribution in [2.24, 2.45) is 0 Å². The summed E-state index contributed by atoms with van der Waals surface area (Å²) in [6, 6.07) is 87.8. The smallest absolute Gasteiger partial charge is 0.136 e. The summed E-state index contributed by atoms with van der Waals surface area (Å²) in [5, 5.41) is 9.78. The average Bonchev–Trinajstić information content (AvgIpc) is 3.93. The van der Waals surface area contributed by atoms with Gasteiger partial charge in [0.15, 0.2) is 0 Å². The number of benzene rings is 11. The van der Waals surface area contributed by atoms with Gasteiger partial charge >= 0.3 is 0 Å². The molecule has 2 heterocycles. The van der Waals surface area contributed by atoms with Crippen LogP contribution < -0.4 is 4.90 Å². The molecule has 0 bridgehead atoms. The van der Waals surface area contributed by atoms with E-state index in [0.29, 0.717) is 0 Å². The number of hydrogen-bond donors (Lipinski definition) is 0. The highest BCUT2D eigenvalue weighted by atomic mass is 16.3. The molecule has 0 N–H and O–H groups in total.